The van der Waals surface area contributed by atoms with E-state index < -0.39 is 10.5 Å². The molecule has 178 valence electrons. The first-order valence-electron chi connectivity index (χ1n) is 9.76. The average Bonchev–Trinajstić information content (AvgIpc) is 3.57. The van der Waals surface area contributed by atoms with Gasteiger partial charge in [0.2, 0.25) is 23.6 Å². The van der Waals surface area contributed by atoms with E-state index in [0.717, 1.165) is 23.5 Å². The van der Waals surface area contributed by atoms with E-state index in [1.54, 1.807) is 23.2 Å². The summed E-state index contributed by atoms with van der Waals surface area (Å²) in [6.45, 7) is 0.212. The first-order chi connectivity index (χ1) is 16.3. The van der Waals surface area contributed by atoms with Crippen LogP contribution in [0.4, 0.5) is 10.3 Å². The molecule has 2 unspecified atom stereocenters. The molecule has 2 saturated heterocycles. The summed E-state index contributed by atoms with van der Waals surface area (Å²) in [6.07, 6.45) is 3.25. The lowest BCUT2D eigenvalue weighted by Gasteiger charge is -2.17. The van der Waals surface area contributed by atoms with Crippen LogP contribution in [0.15, 0.2) is 23.2 Å². The van der Waals surface area contributed by atoms with E-state index in [4.69, 9.17) is 24.4 Å². The van der Waals surface area contributed by atoms with Gasteiger partial charge in [0.05, 0.1) is 0 Å². The van der Waals surface area contributed by atoms with Crippen LogP contribution >= 0.6 is 70.6 Å². The van der Waals surface area contributed by atoms with Crippen molar-refractivity contribution in [3.63, 3.8) is 0 Å². The Morgan fingerprint density at radius 2 is 1.24 bits per heavy atom. The van der Waals surface area contributed by atoms with Crippen LogP contribution in [0, 0.1) is 0 Å². The lowest BCUT2D eigenvalue weighted by molar-refractivity contribution is -0.131. The van der Waals surface area contributed by atoms with E-state index in [1.807, 2.05) is 0 Å². The Balaban J connectivity index is 1.30. The molecule has 2 N–H and O–H groups in total. The molecule has 2 aromatic heterocycles. The van der Waals surface area contributed by atoms with E-state index in [2.05, 4.69) is 20.6 Å². The van der Waals surface area contributed by atoms with E-state index in [0.29, 0.717) is 18.9 Å². The molecule has 0 aromatic carbocycles. The predicted molar refractivity (Wildman–Crippen MR) is 142 cm³/mol. The van der Waals surface area contributed by atoms with Gasteiger partial charge in [-0.2, -0.15) is 0 Å². The summed E-state index contributed by atoms with van der Waals surface area (Å²) in [5.74, 6) is -1.22. The number of hydrogen-bond donors (Lipinski definition) is 2. The molecule has 4 rings (SSSR count). The minimum Gasteiger partial charge on any atom is -0.302 e. The summed E-state index contributed by atoms with van der Waals surface area (Å²) in [5.41, 5.74) is 0. The lowest BCUT2D eigenvalue weighted by atomic mass is 10.2. The number of nitrogens with one attached hydrogen (secondary N) is 2. The molecule has 16 heteroatoms. The molecule has 0 bridgehead atoms. The molecule has 0 spiro atoms. The van der Waals surface area contributed by atoms with Gasteiger partial charge in [-0.25, -0.2) is 9.97 Å². The molecule has 0 aliphatic carbocycles. The topological polar surface area (TPSA) is 125 Å². The van der Waals surface area contributed by atoms with Crippen molar-refractivity contribution in [3.05, 3.63) is 23.2 Å². The Labute approximate surface area is 221 Å². The number of aromatic nitrogens is 2. The highest BCUT2D eigenvalue weighted by Gasteiger charge is 2.50. The van der Waals surface area contributed by atoms with Crippen LogP contribution in [0.25, 0.3) is 0 Å². The monoisotopic (exact) mass is 572 g/mol. The van der Waals surface area contributed by atoms with Gasteiger partial charge in [0.25, 0.3) is 0 Å². The number of amides is 4. The van der Waals surface area contributed by atoms with Crippen molar-refractivity contribution >= 4 is 113 Å². The van der Waals surface area contributed by atoms with Gasteiger partial charge in [0, 0.05) is 49.1 Å². The highest BCUT2D eigenvalue weighted by Crippen LogP contribution is 2.40. The molecule has 2 fully saturated rings. The molecular formula is C18H16N6O4S6. The molecular weight excluding hydrogens is 557 g/mol. The third-order valence-electron chi connectivity index (χ3n) is 4.67. The SMILES string of the molecule is O=C(CCN1C(=O)C(C2SC(=S)N(CCC(=O)Nc3nccs3)C2=O)SC1=S)Nc1nccs1. The van der Waals surface area contributed by atoms with Crippen LogP contribution in [0.2, 0.25) is 0 Å². The van der Waals surface area contributed by atoms with Crippen molar-refractivity contribution in [2.75, 3.05) is 23.7 Å². The van der Waals surface area contributed by atoms with Crippen LogP contribution in [0.5, 0.6) is 0 Å². The Morgan fingerprint density at radius 1 is 0.824 bits per heavy atom. The van der Waals surface area contributed by atoms with Gasteiger partial charge in [0.15, 0.2) is 10.3 Å². The van der Waals surface area contributed by atoms with Gasteiger partial charge in [-0.1, -0.05) is 48.0 Å². The fraction of sp³-hybridized carbons (Fsp3) is 0.333. The first-order valence-corrected chi connectivity index (χ1v) is 14.1. The quantitative estimate of drug-likeness (QED) is 0.433. The molecule has 34 heavy (non-hydrogen) atoms. The highest BCUT2D eigenvalue weighted by molar-refractivity contribution is 8.27. The van der Waals surface area contributed by atoms with Crippen molar-refractivity contribution in [3.8, 4) is 0 Å². The fourth-order valence-corrected chi connectivity index (χ4v) is 7.47. The van der Waals surface area contributed by atoms with Crippen molar-refractivity contribution in [2.24, 2.45) is 0 Å². The smallest absolute Gasteiger partial charge is 0.243 e. The number of hydrogen-bond acceptors (Lipinski definition) is 12. The number of carbonyl (C=O) groups excluding carboxylic acids is 4. The van der Waals surface area contributed by atoms with Crippen LogP contribution < -0.4 is 10.6 Å². The van der Waals surface area contributed by atoms with Crippen LogP contribution in [-0.4, -0.2) is 75.6 Å². The second-order valence-corrected chi connectivity index (χ2v) is 12.2. The van der Waals surface area contributed by atoms with E-state index >= 15 is 0 Å². The average molecular weight is 573 g/mol. The number of thiocarbonyl (C=S) groups is 2. The van der Waals surface area contributed by atoms with Crippen LogP contribution in [0.1, 0.15) is 12.8 Å². The zero-order chi connectivity index (χ0) is 24.2. The number of thioether (sulfide) groups is 2. The van der Waals surface area contributed by atoms with Crippen molar-refractivity contribution in [2.45, 2.75) is 23.3 Å². The van der Waals surface area contributed by atoms with Gasteiger partial charge in [0.1, 0.15) is 19.1 Å². The van der Waals surface area contributed by atoms with Crippen molar-refractivity contribution < 1.29 is 19.2 Å². The number of nitrogens with zero attached hydrogens (tertiary/aromatic N) is 4. The van der Waals surface area contributed by atoms with Crippen LogP contribution in [-0.2, 0) is 19.2 Å². The normalized spacial score (nSPS) is 20.4. The van der Waals surface area contributed by atoms with Crippen LogP contribution in [0.3, 0.4) is 0 Å². The van der Waals surface area contributed by atoms with Gasteiger partial charge in [-0.15, -0.1) is 22.7 Å². The number of thiazole rings is 2. The van der Waals surface area contributed by atoms with Gasteiger partial charge >= 0.3 is 0 Å². The summed E-state index contributed by atoms with van der Waals surface area (Å²) in [4.78, 5) is 61.0. The third-order valence-corrected chi connectivity index (χ3v) is 9.54. The predicted octanol–water partition coefficient (Wildman–Crippen LogP) is 2.41. The maximum atomic E-state index is 13.0. The number of anilines is 2. The molecule has 2 aromatic rings. The number of rotatable bonds is 9. The zero-order valence-corrected chi connectivity index (χ0v) is 22.1. The maximum absolute atomic E-state index is 13.0. The van der Waals surface area contributed by atoms with Gasteiger partial charge in [-0.3, -0.25) is 29.0 Å². The molecule has 2 aliphatic rings. The summed E-state index contributed by atoms with van der Waals surface area (Å²) >= 11 is 15.5. The molecule has 4 heterocycles. The van der Waals surface area contributed by atoms with E-state index in [9.17, 15) is 19.2 Å². The highest BCUT2D eigenvalue weighted by atomic mass is 32.2. The summed E-state index contributed by atoms with van der Waals surface area (Å²) in [6, 6.07) is 0. The minimum atomic E-state index is -0.737. The summed E-state index contributed by atoms with van der Waals surface area (Å²) in [5, 5.41) is 8.29. The molecule has 2 atom stereocenters. The molecule has 4 amide bonds. The van der Waals surface area contributed by atoms with Gasteiger partial charge < -0.3 is 10.6 Å². The molecule has 0 radical (unpaired) electrons. The summed E-state index contributed by atoms with van der Waals surface area (Å²) in [7, 11) is 0. The molecule has 2 aliphatic heterocycles. The van der Waals surface area contributed by atoms with Crippen molar-refractivity contribution in [1.29, 1.82) is 0 Å². The minimum absolute atomic E-state index is 0.0449. The Kier molecular flexibility index (Phi) is 8.26. The van der Waals surface area contributed by atoms with E-state index in [1.165, 1.54) is 32.5 Å². The zero-order valence-electron chi connectivity index (χ0n) is 17.2. The Morgan fingerprint density at radius 3 is 1.59 bits per heavy atom. The third kappa shape index (κ3) is 5.80. The number of carbonyl (C=O) groups is 4. The fourth-order valence-electron chi connectivity index (χ4n) is 3.08. The Bertz CT molecular complexity index is 1040. The maximum Gasteiger partial charge on any atom is 0.243 e. The largest absolute Gasteiger partial charge is 0.302 e. The molecule has 10 nitrogen and oxygen atoms in total. The Hall–Kier alpha value is -1.98. The van der Waals surface area contributed by atoms with Crippen molar-refractivity contribution in [1.82, 2.24) is 19.8 Å². The van der Waals surface area contributed by atoms with E-state index in [-0.39, 0.29) is 49.6 Å². The standard InChI is InChI=1S/C18H16N6O4S6/c25-9(21-15-19-3-7-31-15)1-5-23-13(27)11(33-17(23)29)12-14(28)24(18(30)34-12)6-2-10(26)22-16-20-4-8-32-16/h3-4,7-8,11-12H,1-2,5-6H2,(H,19,21,25)(H,20,22,26). The molecule has 0 saturated carbocycles. The second kappa shape index (κ2) is 11.2. The van der Waals surface area contributed by atoms with Gasteiger partial charge in [-0.05, 0) is 0 Å². The lowest BCUT2D eigenvalue weighted by Crippen LogP contribution is -2.41. The second-order valence-electron chi connectivity index (χ2n) is 6.86. The summed E-state index contributed by atoms with van der Waals surface area (Å²) < 4.78 is 0.635. The first kappa shape index (κ1) is 25.1.